The normalized spacial score (nSPS) is 10.4. The number of carbonyl (C=O) groups is 1. The number of benzene rings is 3. The summed E-state index contributed by atoms with van der Waals surface area (Å²) >= 11 is 0. The van der Waals surface area contributed by atoms with Crippen LogP contribution in [0.3, 0.4) is 0 Å². The summed E-state index contributed by atoms with van der Waals surface area (Å²) in [5.41, 5.74) is 3.28. The Labute approximate surface area is 172 Å². The number of para-hydroxylation sites is 2. The maximum atomic E-state index is 12.7. The van der Waals surface area contributed by atoms with Gasteiger partial charge in [0.2, 0.25) is 0 Å². The van der Waals surface area contributed by atoms with E-state index in [2.05, 4.69) is 17.6 Å². The minimum absolute atomic E-state index is 0.169. The summed E-state index contributed by atoms with van der Waals surface area (Å²) in [5.74, 6) is 0.460. The van der Waals surface area contributed by atoms with Crippen LogP contribution >= 0.6 is 0 Å². The third-order valence-corrected chi connectivity index (χ3v) is 4.59. The van der Waals surface area contributed by atoms with E-state index in [1.165, 1.54) is 12.8 Å². The fourth-order valence-electron chi connectivity index (χ4n) is 3.01. The maximum Gasteiger partial charge on any atom is 0.259 e. The second-order valence-corrected chi connectivity index (χ2v) is 6.93. The van der Waals surface area contributed by atoms with Crippen LogP contribution in [0.25, 0.3) is 0 Å². The number of hydrogen-bond donors (Lipinski definition) is 2. The SMILES string of the molecule is CCCCCCOc1ccccc1C(=O)Nc1ccc(Nc2ccccc2)cc1. The Balaban J connectivity index is 1.58. The molecule has 3 aromatic carbocycles. The summed E-state index contributed by atoms with van der Waals surface area (Å²) in [6.45, 7) is 2.81. The first-order chi connectivity index (χ1) is 14.3. The Morgan fingerprint density at radius 2 is 1.41 bits per heavy atom. The number of amides is 1. The molecule has 0 heterocycles. The molecular formula is C25H28N2O2. The van der Waals surface area contributed by atoms with Crippen molar-refractivity contribution in [1.29, 1.82) is 0 Å². The Morgan fingerprint density at radius 1 is 0.759 bits per heavy atom. The molecule has 0 aliphatic carbocycles. The van der Waals surface area contributed by atoms with Crippen molar-refractivity contribution in [2.24, 2.45) is 0 Å². The van der Waals surface area contributed by atoms with Crippen LogP contribution in [-0.4, -0.2) is 12.5 Å². The molecule has 0 fully saturated rings. The summed E-state index contributed by atoms with van der Waals surface area (Å²) in [6, 6.07) is 25.0. The molecule has 150 valence electrons. The maximum absolute atomic E-state index is 12.7. The van der Waals surface area contributed by atoms with E-state index in [0.29, 0.717) is 17.9 Å². The van der Waals surface area contributed by atoms with Gasteiger partial charge in [0, 0.05) is 17.1 Å². The Morgan fingerprint density at radius 3 is 2.17 bits per heavy atom. The molecule has 0 aromatic heterocycles. The molecule has 0 radical (unpaired) electrons. The van der Waals surface area contributed by atoms with Gasteiger partial charge in [0.1, 0.15) is 5.75 Å². The van der Waals surface area contributed by atoms with Gasteiger partial charge < -0.3 is 15.4 Å². The summed E-state index contributed by atoms with van der Waals surface area (Å²) < 4.78 is 5.86. The molecule has 3 rings (SSSR count). The van der Waals surface area contributed by atoms with Gasteiger partial charge in [-0.1, -0.05) is 56.5 Å². The predicted octanol–water partition coefficient (Wildman–Crippen LogP) is 6.64. The molecule has 0 saturated carbocycles. The van der Waals surface area contributed by atoms with Crippen LogP contribution in [0.15, 0.2) is 78.9 Å². The first-order valence-corrected chi connectivity index (χ1v) is 10.2. The Hall–Kier alpha value is -3.27. The average Bonchev–Trinajstić information content (AvgIpc) is 2.76. The molecule has 29 heavy (non-hydrogen) atoms. The minimum Gasteiger partial charge on any atom is -0.493 e. The van der Waals surface area contributed by atoms with E-state index in [1.807, 2.05) is 72.8 Å². The molecule has 3 aromatic rings. The number of unbranched alkanes of at least 4 members (excludes halogenated alkanes) is 3. The molecule has 0 bridgehead atoms. The highest BCUT2D eigenvalue weighted by Gasteiger charge is 2.12. The van der Waals surface area contributed by atoms with E-state index in [-0.39, 0.29) is 5.91 Å². The Kier molecular flexibility index (Phi) is 7.70. The van der Waals surface area contributed by atoms with E-state index >= 15 is 0 Å². The summed E-state index contributed by atoms with van der Waals surface area (Å²) in [4.78, 5) is 12.7. The lowest BCUT2D eigenvalue weighted by Crippen LogP contribution is -2.14. The number of hydrogen-bond acceptors (Lipinski definition) is 3. The standard InChI is InChI=1S/C25H28N2O2/c1-2-3-4-10-19-29-24-14-9-8-13-23(24)25(28)27-22-17-15-21(16-18-22)26-20-11-6-5-7-12-20/h5-9,11-18,26H,2-4,10,19H2,1H3,(H,27,28). The van der Waals surface area contributed by atoms with E-state index in [0.717, 1.165) is 29.9 Å². The number of rotatable bonds is 10. The minimum atomic E-state index is -0.169. The van der Waals surface area contributed by atoms with Crippen LogP contribution in [0.4, 0.5) is 17.1 Å². The molecule has 1 amide bonds. The highest BCUT2D eigenvalue weighted by atomic mass is 16.5. The molecule has 0 spiro atoms. The molecule has 0 aliphatic rings. The van der Waals surface area contributed by atoms with E-state index in [4.69, 9.17) is 4.74 Å². The van der Waals surface area contributed by atoms with E-state index in [1.54, 1.807) is 6.07 Å². The average molecular weight is 389 g/mol. The zero-order valence-corrected chi connectivity index (χ0v) is 16.9. The van der Waals surface area contributed by atoms with E-state index < -0.39 is 0 Å². The highest BCUT2D eigenvalue weighted by Crippen LogP contribution is 2.22. The van der Waals surface area contributed by atoms with Crippen LogP contribution in [-0.2, 0) is 0 Å². The first kappa shape index (κ1) is 20.5. The summed E-state index contributed by atoms with van der Waals surface area (Å²) in [6.07, 6.45) is 4.55. The second kappa shape index (κ2) is 10.9. The van der Waals surface area contributed by atoms with Crippen LogP contribution < -0.4 is 15.4 Å². The van der Waals surface area contributed by atoms with Crippen LogP contribution in [0.1, 0.15) is 43.0 Å². The van der Waals surface area contributed by atoms with Crippen molar-refractivity contribution >= 4 is 23.0 Å². The largest absolute Gasteiger partial charge is 0.493 e. The van der Waals surface area contributed by atoms with Gasteiger partial charge in [-0.3, -0.25) is 4.79 Å². The third-order valence-electron chi connectivity index (χ3n) is 4.59. The molecule has 2 N–H and O–H groups in total. The zero-order valence-electron chi connectivity index (χ0n) is 16.9. The Bertz CT molecular complexity index is 892. The van der Waals surface area contributed by atoms with Gasteiger partial charge in [0.15, 0.2) is 0 Å². The third kappa shape index (κ3) is 6.39. The van der Waals surface area contributed by atoms with Gasteiger partial charge in [-0.25, -0.2) is 0 Å². The fourth-order valence-corrected chi connectivity index (χ4v) is 3.01. The smallest absolute Gasteiger partial charge is 0.259 e. The number of ether oxygens (including phenoxy) is 1. The van der Waals surface area contributed by atoms with Crippen LogP contribution in [0, 0.1) is 0 Å². The lowest BCUT2D eigenvalue weighted by molar-refractivity contribution is 0.102. The number of anilines is 3. The fraction of sp³-hybridized carbons (Fsp3) is 0.240. The van der Waals surface area contributed by atoms with Crippen molar-refractivity contribution in [3.63, 3.8) is 0 Å². The molecule has 0 aliphatic heterocycles. The lowest BCUT2D eigenvalue weighted by atomic mass is 10.1. The van der Waals surface area contributed by atoms with Gasteiger partial charge in [0.25, 0.3) is 5.91 Å². The summed E-state index contributed by atoms with van der Waals surface area (Å²) in [7, 11) is 0. The van der Waals surface area contributed by atoms with Gasteiger partial charge in [-0.2, -0.15) is 0 Å². The van der Waals surface area contributed by atoms with Crippen molar-refractivity contribution in [2.75, 3.05) is 17.2 Å². The number of nitrogens with one attached hydrogen (secondary N) is 2. The van der Waals surface area contributed by atoms with Crippen molar-refractivity contribution in [2.45, 2.75) is 32.6 Å². The van der Waals surface area contributed by atoms with Crippen molar-refractivity contribution in [3.05, 3.63) is 84.4 Å². The summed E-state index contributed by atoms with van der Waals surface area (Å²) in [5, 5.41) is 6.28. The van der Waals surface area contributed by atoms with Crippen LogP contribution in [0.2, 0.25) is 0 Å². The van der Waals surface area contributed by atoms with Crippen molar-refractivity contribution < 1.29 is 9.53 Å². The predicted molar refractivity (Wildman–Crippen MR) is 120 cm³/mol. The number of carbonyl (C=O) groups excluding carboxylic acids is 1. The quantitative estimate of drug-likeness (QED) is 0.383. The van der Waals surface area contributed by atoms with Crippen LogP contribution in [0.5, 0.6) is 5.75 Å². The molecule has 0 unspecified atom stereocenters. The zero-order chi connectivity index (χ0) is 20.3. The molecule has 0 atom stereocenters. The van der Waals surface area contributed by atoms with Gasteiger partial charge in [0.05, 0.1) is 12.2 Å². The second-order valence-electron chi connectivity index (χ2n) is 6.93. The van der Waals surface area contributed by atoms with E-state index in [9.17, 15) is 4.79 Å². The van der Waals surface area contributed by atoms with Gasteiger partial charge in [-0.05, 0) is 55.0 Å². The first-order valence-electron chi connectivity index (χ1n) is 10.2. The van der Waals surface area contributed by atoms with Gasteiger partial charge >= 0.3 is 0 Å². The molecule has 4 heteroatoms. The topological polar surface area (TPSA) is 50.4 Å². The van der Waals surface area contributed by atoms with Crippen molar-refractivity contribution in [1.82, 2.24) is 0 Å². The van der Waals surface area contributed by atoms with Crippen molar-refractivity contribution in [3.8, 4) is 5.75 Å². The lowest BCUT2D eigenvalue weighted by Gasteiger charge is -2.12. The molecular weight excluding hydrogens is 360 g/mol. The highest BCUT2D eigenvalue weighted by molar-refractivity contribution is 6.06. The van der Waals surface area contributed by atoms with Gasteiger partial charge in [-0.15, -0.1) is 0 Å². The molecule has 0 saturated heterocycles. The molecule has 4 nitrogen and oxygen atoms in total. The monoisotopic (exact) mass is 388 g/mol.